The minimum atomic E-state index is -0.545. The van der Waals surface area contributed by atoms with Crippen molar-refractivity contribution >= 4 is 22.5 Å². The van der Waals surface area contributed by atoms with Crippen LogP contribution in [0.5, 0.6) is 5.75 Å². The second-order valence-electron chi connectivity index (χ2n) is 5.56. The fraction of sp³-hybridized carbons (Fsp3) is 0. The standard InChI is InChI=1S/C21H14O3S/c22-17-13-18(15-8-2-1-3-9-15)24-21(23)20(17)25-19-12-6-10-14-7-4-5-11-16(14)19/h1-13,22H. The molecule has 1 heterocycles. The Labute approximate surface area is 148 Å². The number of aromatic hydroxyl groups is 1. The molecule has 3 nitrogen and oxygen atoms in total. The largest absolute Gasteiger partial charge is 0.506 e. The van der Waals surface area contributed by atoms with Crippen molar-refractivity contribution in [3.8, 4) is 17.1 Å². The molecule has 4 heteroatoms. The zero-order chi connectivity index (χ0) is 17.2. The van der Waals surface area contributed by atoms with Gasteiger partial charge in [-0.3, -0.25) is 0 Å². The molecule has 4 aromatic rings. The SMILES string of the molecule is O=c1oc(-c2ccccc2)cc(O)c1Sc1cccc2ccccc12. The van der Waals surface area contributed by atoms with Crippen molar-refractivity contribution in [2.75, 3.05) is 0 Å². The van der Waals surface area contributed by atoms with E-state index in [0.717, 1.165) is 21.2 Å². The Kier molecular flexibility index (Phi) is 4.04. The number of hydrogen-bond donors (Lipinski definition) is 1. The van der Waals surface area contributed by atoms with Crippen LogP contribution in [-0.4, -0.2) is 5.11 Å². The summed E-state index contributed by atoms with van der Waals surface area (Å²) in [7, 11) is 0. The molecule has 0 fully saturated rings. The summed E-state index contributed by atoms with van der Waals surface area (Å²) in [5.74, 6) is 0.276. The second kappa shape index (κ2) is 6.49. The van der Waals surface area contributed by atoms with Crippen molar-refractivity contribution in [1.82, 2.24) is 0 Å². The van der Waals surface area contributed by atoms with Crippen LogP contribution in [0, 0.1) is 0 Å². The number of fused-ring (bicyclic) bond motifs is 1. The summed E-state index contributed by atoms with van der Waals surface area (Å²) in [6, 6.07) is 24.5. The Hall–Kier alpha value is -2.98. The molecule has 0 aliphatic rings. The summed E-state index contributed by atoms with van der Waals surface area (Å²) >= 11 is 1.22. The van der Waals surface area contributed by atoms with Crippen molar-refractivity contribution in [3.63, 3.8) is 0 Å². The van der Waals surface area contributed by atoms with Gasteiger partial charge in [-0.25, -0.2) is 4.79 Å². The number of hydrogen-bond acceptors (Lipinski definition) is 4. The average Bonchev–Trinajstić information content (AvgIpc) is 2.65. The Morgan fingerprint density at radius 1 is 0.840 bits per heavy atom. The van der Waals surface area contributed by atoms with Gasteiger partial charge < -0.3 is 9.52 Å². The van der Waals surface area contributed by atoms with E-state index in [-0.39, 0.29) is 10.6 Å². The van der Waals surface area contributed by atoms with Gasteiger partial charge in [0, 0.05) is 16.5 Å². The van der Waals surface area contributed by atoms with Crippen molar-refractivity contribution in [1.29, 1.82) is 0 Å². The van der Waals surface area contributed by atoms with Gasteiger partial charge in [0.2, 0.25) is 0 Å². The molecule has 122 valence electrons. The summed E-state index contributed by atoms with van der Waals surface area (Å²) in [5, 5.41) is 12.5. The van der Waals surface area contributed by atoms with Crippen LogP contribution >= 0.6 is 11.8 Å². The van der Waals surface area contributed by atoms with Crippen molar-refractivity contribution < 1.29 is 9.52 Å². The van der Waals surface area contributed by atoms with Gasteiger partial charge in [0.05, 0.1) is 0 Å². The normalized spacial score (nSPS) is 10.9. The van der Waals surface area contributed by atoms with Gasteiger partial charge in [-0.15, -0.1) is 0 Å². The van der Waals surface area contributed by atoms with E-state index in [4.69, 9.17) is 4.42 Å². The minimum absolute atomic E-state index is 0.0759. The summed E-state index contributed by atoms with van der Waals surface area (Å²) in [6.45, 7) is 0. The molecule has 4 rings (SSSR count). The smallest absolute Gasteiger partial charge is 0.354 e. The highest BCUT2D eigenvalue weighted by molar-refractivity contribution is 7.99. The first-order valence-corrected chi connectivity index (χ1v) is 8.62. The van der Waals surface area contributed by atoms with E-state index in [9.17, 15) is 9.90 Å². The van der Waals surface area contributed by atoms with E-state index in [1.165, 1.54) is 17.8 Å². The van der Waals surface area contributed by atoms with Crippen molar-refractivity contribution in [2.45, 2.75) is 9.79 Å². The molecule has 0 bridgehead atoms. The van der Waals surface area contributed by atoms with Gasteiger partial charge in [0.25, 0.3) is 0 Å². The first-order chi connectivity index (χ1) is 12.2. The zero-order valence-corrected chi connectivity index (χ0v) is 14.0. The molecule has 0 radical (unpaired) electrons. The molecule has 25 heavy (non-hydrogen) atoms. The lowest BCUT2D eigenvalue weighted by molar-refractivity contribution is 0.430. The fourth-order valence-corrected chi connectivity index (χ4v) is 3.65. The third-order valence-corrected chi connectivity index (χ3v) is 5.06. The van der Waals surface area contributed by atoms with Gasteiger partial charge >= 0.3 is 5.63 Å². The molecule has 0 aliphatic carbocycles. The maximum Gasteiger partial charge on any atom is 0.354 e. The first-order valence-electron chi connectivity index (χ1n) is 7.80. The molecule has 0 unspecified atom stereocenters. The van der Waals surface area contributed by atoms with Crippen molar-refractivity contribution in [3.05, 3.63) is 89.3 Å². The van der Waals surface area contributed by atoms with Crippen molar-refractivity contribution in [2.24, 2.45) is 0 Å². The van der Waals surface area contributed by atoms with Gasteiger partial charge in [0.15, 0.2) is 0 Å². The molecule has 0 aliphatic heterocycles. The van der Waals surface area contributed by atoms with Gasteiger partial charge in [-0.1, -0.05) is 78.5 Å². The fourth-order valence-electron chi connectivity index (χ4n) is 2.70. The van der Waals surface area contributed by atoms with E-state index >= 15 is 0 Å². The number of benzene rings is 3. The Morgan fingerprint density at radius 2 is 1.56 bits per heavy atom. The summed E-state index contributed by atoms with van der Waals surface area (Å²) in [5.41, 5.74) is 0.202. The second-order valence-corrected chi connectivity index (χ2v) is 6.61. The topological polar surface area (TPSA) is 50.4 Å². The molecule has 3 aromatic carbocycles. The van der Waals surface area contributed by atoms with E-state index in [1.54, 1.807) is 0 Å². The lowest BCUT2D eigenvalue weighted by Gasteiger charge is -2.08. The van der Waals surface area contributed by atoms with Gasteiger partial charge in [-0.2, -0.15) is 0 Å². The number of rotatable bonds is 3. The third-order valence-electron chi connectivity index (χ3n) is 3.91. The Morgan fingerprint density at radius 3 is 2.36 bits per heavy atom. The molecular formula is C21H14O3S. The zero-order valence-electron chi connectivity index (χ0n) is 13.2. The van der Waals surface area contributed by atoms with Crippen LogP contribution in [-0.2, 0) is 0 Å². The highest BCUT2D eigenvalue weighted by Gasteiger charge is 2.15. The molecule has 1 N–H and O–H groups in total. The van der Waals surface area contributed by atoms with E-state index in [0.29, 0.717) is 5.76 Å². The summed E-state index contributed by atoms with van der Waals surface area (Å²) in [4.78, 5) is 13.5. The van der Waals surface area contributed by atoms with Crippen LogP contribution < -0.4 is 5.63 Å². The maximum absolute atomic E-state index is 12.4. The predicted octanol–water partition coefficient (Wildman–Crippen LogP) is 5.32. The quantitative estimate of drug-likeness (QED) is 0.546. The minimum Gasteiger partial charge on any atom is -0.506 e. The lowest BCUT2D eigenvalue weighted by Crippen LogP contribution is -2.02. The molecule has 0 atom stereocenters. The monoisotopic (exact) mass is 346 g/mol. The van der Waals surface area contributed by atoms with Crippen LogP contribution in [0.2, 0.25) is 0 Å². The third kappa shape index (κ3) is 3.04. The van der Waals surface area contributed by atoms with E-state index < -0.39 is 5.63 Å². The van der Waals surface area contributed by atoms with E-state index in [1.807, 2.05) is 72.8 Å². The highest BCUT2D eigenvalue weighted by atomic mass is 32.2. The lowest BCUT2D eigenvalue weighted by atomic mass is 10.1. The van der Waals surface area contributed by atoms with Crippen LogP contribution in [0.4, 0.5) is 0 Å². The summed E-state index contributed by atoms with van der Waals surface area (Å²) < 4.78 is 5.42. The van der Waals surface area contributed by atoms with Crippen LogP contribution in [0.1, 0.15) is 0 Å². The van der Waals surface area contributed by atoms with E-state index in [2.05, 4.69) is 0 Å². The van der Waals surface area contributed by atoms with Crippen LogP contribution in [0.3, 0.4) is 0 Å². The average molecular weight is 346 g/mol. The Balaban J connectivity index is 1.77. The van der Waals surface area contributed by atoms with Gasteiger partial charge in [0.1, 0.15) is 16.4 Å². The van der Waals surface area contributed by atoms with Gasteiger partial charge in [-0.05, 0) is 16.8 Å². The van der Waals surface area contributed by atoms with Crippen LogP contribution in [0.25, 0.3) is 22.1 Å². The Bertz CT molecular complexity index is 1100. The summed E-state index contributed by atoms with van der Waals surface area (Å²) in [6.07, 6.45) is 0. The maximum atomic E-state index is 12.4. The predicted molar refractivity (Wildman–Crippen MR) is 100 cm³/mol. The molecule has 0 spiro atoms. The molecule has 1 aromatic heterocycles. The molecule has 0 amide bonds. The highest BCUT2D eigenvalue weighted by Crippen LogP contribution is 2.37. The van der Waals surface area contributed by atoms with Crippen LogP contribution in [0.15, 0.2) is 97.9 Å². The molecule has 0 saturated heterocycles. The first kappa shape index (κ1) is 15.5. The molecular weight excluding hydrogens is 332 g/mol. The molecule has 0 saturated carbocycles.